The number of fused-ring (bicyclic) bond motifs is 4. The number of rotatable bonds is 20. The molecule has 0 atom stereocenters. The fourth-order valence-corrected chi connectivity index (χ4v) is 12.1. The quantitative estimate of drug-likeness (QED) is 0.0516. The molecule has 4 aromatic carbocycles. The van der Waals surface area contributed by atoms with Crippen molar-refractivity contribution >= 4 is 68.5 Å². The Morgan fingerprint density at radius 1 is 0.321 bits per heavy atom. The van der Waals surface area contributed by atoms with Crippen LogP contribution in [0.25, 0.3) is 67.4 Å². The van der Waals surface area contributed by atoms with Gasteiger partial charge in [0.15, 0.2) is 40.7 Å². The van der Waals surface area contributed by atoms with Crippen LogP contribution in [0.1, 0.15) is 67.3 Å². The summed E-state index contributed by atoms with van der Waals surface area (Å²) in [6.45, 7) is 7.43. The smallest absolute Gasteiger partial charge is 0.184 e. The van der Waals surface area contributed by atoms with E-state index in [0.717, 1.165) is 27.8 Å². The van der Waals surface area contributed by atoms with Gasteiger partial charge < -0.3 is 22.9 Å². The van der Waals surface area contributed by atoms with Gasteiger partial charge in [0.2, 0.25) is 0 Å². The van der Waals surface area contributed by atoms with Crippen molar-refractivity contribution in [1.29, 1.82) is 0 Å². The molecule has 12 aromatic heterocycles. The number of pyridine rings is 4. The number of aromatic nitrogens is 22. The first-order valence-electron chi connectivity index (χ1n) is 34.5. The van der Waals surface area contributed by atoms with Gasteiger partial charge in [-0.1, -0.05) is 91.6 Å². The van der Waals surface area contributed by atoms with E-state index in [1.165, 1.54) is 41.2 Å². The fourth-order valence-electron chi connectivity index (χ4n) is 12.1. The average molecular weight is 1510 g/mol. The third-order valence-corrected chi connectivity index (χ3v) is 17.4. The summed E-state index contributed by atoms with van der Waals surface area (Å²) in [7, 11) is 0. The van der Waals surface area contributed by atoms with Crippen LogP contribution in [0.5, 0.6) is 0 Å². The zero-order valence-electron chi connectivity index (χ0n) is 60.3. The zero-order chi connectivity index (χ0) is 78.7. The van der Waals surface area contributed by atoms with E-state index in [9.17, 15) is 36.7 Å². The van der Waals surface area contributed by atoms with Crippen molar-refractivity contribution in [1.82, 2.24) is 110 Å². The molecular formula is C78H66F4N26O4. The molecule has 0 saturated carbocycles. The second-order valence-electron chi connectivity index (χ2n) is 26.0. The molecule has 12 heterocycles. The normalized spacial score (nSPS) is 11.1. The van der Waals surface area contributed by atoms with Crippen LogP contribution in [-0.4, -0.2) is 133 Å². The molecule has 0 aliphatic rings. The van der Waals surface area contributed by atoms with E-state index in [4.69, 9.17) is 22.9 Å². The first-order valence-corrected chi connectivity index (χ1v) is 34.5. The highest BCUT2D eigenvalue weighted by Gasteiger charge is 2.21. The minimum atomic E-state index is -0.395. The number of halogens is 4. The lowest BCUT2D eigenvalue weighted by molar-refractivity contribution is -0.118. The summed E-state index contributed by atoms with van der Waals surface area (Å²) in [5.41, 5.74) is 36.6. The van der Waals surface area contributed by atoms with Gasteiger partial charge in [0.05, 0.1) is 60.5 Å². The number of hydrogen-bond donors (Lipinski definition) is 4. The molecule has 0 radical (unpaired) electrons. The maximum Gasteiger partial charge on any atom is 0.184 e. The Kier molecular flexibility index (Phi) is 22.6. The molecule has 0 fully saturated rings. The number of carbonyl (C=O) groups is 4. The van der Waals surface area contributed by atoms with Crippen molar-refractivity contribution in [3.8, 4) is 45.3 Å². The lowest BCUT2D eigenvalue weighted by atomic mass is 10.0. The fraction of sp³-hybridized carbons (Fsp3) is 0.154. The highest BCUT2D eigenvalue weighted by atomic mass is 19.1. The Morgan fingerprint density at radius 2 is 0.679 bits per heavy atom. The molecule has 16 aromatic rings. The summed E-state index contributed by atoms with van der Waals surface area (Å²) in [4.78, 5) is 75.1. The Bertz CT molecular complexity index is 5430. The highest BCUT2D eigenvalue weighted by Crippen LogP contribution is 2.29. The molecule has 0 unspecified atom stereocenters. The number of nitrogens with zero attached hydrogens (tertiary/aromatic N) is 22. The minimum Gasteiger partial charge on any atom is -0.380 e. The molecule has 0 aliphatic heterocycles. The van der Waals surface area contributed by atoms with Crippen LogP contribution < -0.4 is 22.9 Å². The van der Waals surface area contributed by atoms with Crippen LogP contribution in [0.15, 0.2) is 183 Å². The molecule has 0 amide bonds. The monoisotopic (exact) mass is 1510 g/mol. The van der Waals surface area contributed by atoms with Crippen molar-refractivity contribution in [3.63, 3.8) is 0 Å². The van der Waals surface area contributed by atoms with Gasteiger partial charge in [-0.25, -0.2) is 55.6 Å². The molecule has 0 saturated heterocycles. The third-order valence-electron chi connectivity index (χ3n) is 17.4. The number of aryl methyl sites for hydroxylation is 4. The summed E-state index contributed by atoms with van der Waals surface area (Å²) in [5.74, 6) is 0.0914. The van der Waals surface area contributed by atoms with E-state index in [0.29, 0.717) is 113 Å². The molecule has 34 heteroatoms. The first-order chi connectivity index (χ1) is 54.0. The van der Waals surface area contributed by atoms with E-state index >= 15 is 0 Å². The molecule has 16 rings (SSSR count). The van der Waals surface area contributed by atoms with Gasteiger partial charge in [0.25, 0.3) is 0 Å². The van der Waals surface area contributed by atoms with Crippen LogP contribution >= 0.6 is 0 Å². The van der Waals surface area contributed by atoms with Crippen LogP contribution in [0.3, 0.4) is 0 Å². The van der Waals surface area contributed by atoms with Gasteiger partial charge >= 0.3 is 0 Å². The zero-order valence-corrected chi connectivity index (χ0v) is 60.3. The lowest BCUT2D eigenvalue weighted by Crippen LogP contribution is -2.11. The first kappa shape index (κ1) is 75.4. The highest BCUT2D eigenvalue weighted by molar-refractivity contribution is 5.89. The van der Waals surface area contributed by atoms with E-state index in [1.54, 1.807) is 136 Å². The second kappa shape index (κ2) is 33.5. The third kappa shape index (κ3) is 17.9. The van der Waals surface area contributed by atoms with Crippen molar-refractivity contribution in [2.45, 2.75) is 79.1 Å². The average Bonchev–Trinajstić information content (AvgIpc) is 1.65. The minimum absolute atomic E-state index is 0.00567. The van der Waals surface area contributed by atoms with Crippen LogP contribution in [-0.2, 0) is 70.5 Å². The Morgan fingerprint density at radius 3 is 1.07 bits per heavy atom. The molecule has 0 spiro atoms. The largest absolute Gasteiger partial charge is 0.380 e. The second-order valence-corrected chi connectivity index (χ2v) is 26.0. The summed E-state index contributed by atoms with van der Waals surface area (Å²) >= 11 is 0. The SMILES string of the molecule is Cc1ccc(F)c(CC(=O)Cc2cnc(-c3cccn4nnc(N)c34)cn2)c1.Cc1ccc(F)c(CC(=O)Cc2cnc(-c3cccn4nnc(N)c34)nc2)c1.Cc1ccc(F)c(CC(=O)Cc2cnc(-c3cccn4nnc(N)c34)nn2)c1.Cc1ccc(F)c(CC(=O)Cc2ncc(-c3cccn4nnc(N)c34)nn2)c1. The van der Waals surface area contributed by atoms with Crippen molar-refractivity contribution < 1.29 is 36.7 Å². The Balaban J connectivity index is 0.000000131. The van der Waals surface area contributed by atoms with Crippen molar-refractivity contribution in [3.05, 3.63) is 274 Å². The molecule has 560 valence electrons. The number of hydrogen-bond acceptors (Lipinski definition) is 26. The number of nitrogen functional groups attached to an aromatic ring is 4. The van der Waals surface area contributed by atoms with Crippen molar-refractivity contribution in [2.24, 2.45) is 0 Å². The van der Waals surface area contributed by atoms with E-state index in [2.05, 4.69) is 91.5 Å². The lowest BCUT2D eigenvalue weighted by Gasteiger charge is -2.06. The van der Waals surface area contributed by atoms with Crippen LogP contribution in [0.2, 0.25) is 0 Å². The standard InChI is InChI=1S/2C20H17FN6O.2C19H16FN7O/c1-12-4-5-17(21)14(7-12)9-15(28)8-13-10-23-20(24-11-13)16-3-2-6-27-18(16)19(22)25-26-27;1-12-4-5-17(21)13(7-12)8-15(28)9-14-10-24-18(11-23-14)16-3-2-6-27-19(16)20(22)25-26-27;1-11-4-5-16(20)12(7-11)8-14(28)9-13-10-22-19(25-23-13)15-3-2-6-27-17(15)18(21)24-26-27;1-11-4-5-15(20)12(7-11)8-13(28)9-17-22-10-16(23-24-17)14-3-2-6-27-18(14)19(21)25-26-27/h2*2-7,10-11H,8-9,22H2,1H3;2*2-7,10H,8-9,21H2,1H3. The maximum atomic E-state index is 13.8. The van der Waals surface area contributed by atoms with Gasteiger partial charge in [-0.15, -0.1) is 35.7 Å². The topological polar surface area (TPSA) is 422 Å². The Hall–Kier alpha value is -14.9. The molecule has 0 bridgehead atoms. The Labute approximate surface area is 633 Å². The number of anilines is 4. The van der Waals surface area contributed by atoms with Gasteiger partial charge in [-0.3, -0.25) is 29.1 Å². The number of benzene rings is 4. The van der Waals surface area contributed by atoms with E-state index in [-0.39, 0.29) is 104 Å². The number of carbonyl (C=O) groups excluding carboxylic acids is 4. The van der Waals surface area contributed by atoms with Gasteiger partial charge in [-0.2, -0.15) is 5.10 Å². The summed E-state index contributed by atoms with van der Waals surface area (Å²) in [6, 6.07) is 33.3. The van der Waals surface area contributed by atoms with Gasteiger partial charge in [-0.05, 0) is 128 Å². The number of ketones is 4. The molecule has 30 nitrogen and oxygen atoms in total. The number of nitrogens with two attached hydrogens (primary N) is 4. The summed E-state index contributed by atoms with van der Waals surface area (Å²) in [5, 5.41) is 47.4. The van der Waals surface area contributed by atoms with Gasteiger partial charge in [0, 0.05) is 92.2 Å². The summed E-state index contributed by atoms with van der Waals surface area (Å²) in [6.07, 6.45) is 16.5. The van der Waals surface area contributed by atoms with Gasteiger partial charge in [0.1, 0.15) is 74.2 Å². The van der Waals surface area contributed by atoms with E-state index in [1.807, 2.05) is 52.0 Å². The number of Topliss-reactive ketones (excluding diaryl/α,β-unsaturated/α-hetero) is 4. The maximum absolute atomic E-state index is 13.8. The van der Waals surface area contributed by atoms with Crippen LogP contribution in [0, 0.1) is 51.0 Å². The predicted molar refractivity (Wildman–Crippen MR) is 403 cm³/mol. The summed E-state index contributed by atoms with van der Waals surface area (Å²) < 4.78 is 61.5. The molecule has 8 N–H and O–H groups in total. The predicted octanol–water partition coefficient (Wildman–Crippen LogP) is 9.07. The van der Waals surface area contributed by atoms with Crippen LogP contribution in [0.4, 0.5) is 40.8 Å². The molecule has 0 aliphatic carbocycles. The van der Waals surface area contributed by atoms with E-state index < -0.39 is 11.6 Å². The molecule has 112 heavy (non-hydrogen) atoms. The van der Waals surface area contributed by atoms with Crippen molar-refractivity contribution in [2.75, 3.05) is 22.9 Å². The molecular weight excluding hydrogens is 1440 g/mol.